The number of hydrogen-bond donors (Lipinski definition) is 1. The first kappa shape index (κ1) is 20.0. The molecule has 0 heterocycles. The zero-order valence-electron chi connectivity index (χ0n) is 14.7. The minimum atomic E-state index is -4.07. The minimum absolute atomic E-state index is 0.00803. The summed E-state index contributed by atoms with van der Waals surface area (Å²) in [6.07, 6.45) is 0. The summed E-state index contributed by atoms with van der Waals surface area (Å²) >= 11 is 0. The number of anilines is 1. The lowest BCUT2D eigenvalue weighted by atomic mass is 10.3. The maximum atomic E-state index is 13.0. The number of nitro benzene ring substituents is 1. The van der Waals surface area contributed by atoms with E-state index < -0.39 is 27.4 Å². The SMILES string of the molecule is CC(C)=NNC(=O)CN(c1ccc([N+](=O)[O-])cc1)S(=O)(=O)c1ccccc1. The van der Waals surface area contributed by atoms with Crippen molar-refractivity contribution in [1.82, 2.24) is 5.43 Å². The molecule has 0 unspecified atom stereocenters. The molecule has 0 atom stereocenters. The summed E-state index contributed by atoms with van der Waals surface area (Å²) in [5.74, 6) is -0.644. The van der Waals surface area contributed by atoms with E-state index in [1.807, 2.05) is 0 Å². The smallest absolute Gasteiger partial charge is 0.269 e. The first-order valence-corrected chi connectivity index (χ1v) is 9.28. The lowest BCUT2D eigenvalue weighted by Crippen LogP contribution is -2.39. The summed E-state index contributed by atoms with van der Waals surface area (Å²) in [7, 11) is -4.07. The second-order valence-electron chi connectivity index (χ2n) is 5.69. The van der Waals surface area contributed by atoms with Gasteiger partial charge in [0, 0.05) is 17.8 Å². The van der Waals surface area contributed by atoms with Crippen molar-refractivity contribution >= 4 is 33.0 Å². The van der Waals surface area contributed by atoms with Crippen molar-refractivity contribution in [2.75, 3.05) is 10.8 Å². The van der Waals surface area contributed by atoms with Crippen LogP contribution in [0.1, 0.15) is 13.8 Å². The highest BCUT2D eigenvalue weighted by atomic mass is 32.2. The summed E-state index contributed by atoms with van der Waals surface area (Å²) in [5.41, 5.74) is 2.80. The van der Waals surface area contributed by atoms with E-state index in [0.29, 0.717) is 5.71 Å². The molecule has 142 valence electrons. The Morgan fingerprint density at radius 2 is 1.70 bits per heavy atom. The highest BCUT2D eigenvalue weighted by Crippen LogP contribution is 2.25. The fourth-order valence-corrected chi connectivity index (χ4v) is 3.56. The number of hydrazone groups is 1. The van der Waals surface area contributed by atoms with Gasteiger partial charge in [0.1, 0.15) is 6.54 Å². The molecule has 2 aromatic rings. The quantitative estimate of drug-likeness (QED) is 0.441. The minimum Gasteiger partial charge on any atom is -0.271 e. The van der Waals surface area contributed by atoms with E-state index in [1.54, 1.807) is 32.0 Å². The molecular formula is C17H18N4O5S. The van der Waals surface area contributed by atoms with Gasteiger partial charge in [-0.3, -0.25) is 19.2 Å². The van der Waals surface area contributed by atoms with Crippen LogP contribution in [-0.4, -0.2) is 31.5 Å². The van der Waals surface area contributed by atoms with Crippen LogP contribution in [0.15, 0.2) is 64.6 Å². The first-order chi connectivity index (χ1) is 12.7. The van der Waals surface area contributed by atoms with Gasteiger partial charge in [-0.15, -0.1) is 0 Å². The van der Waals surface area contributed by atoms with Crippen molar-refractivity contribution in [3.8, 4) is 0 Å². The number of carbonyl (C=O) groups excluding carboxylic acids is 1. The molecule has 9 nitrogen and oxygen atoms in total. The molecule has 0 aliphatic rings. The van der Waals surface area contributed by atoms with Crippen molar-refractivity contribution < 1.29 is 18.1 Å². The molecule has 0 fully saturated rings. The highest BCUT2D eigenvalue weighted by molar-refractivity contribution is 7.92. The Bertz CT molecular complexity index is 953. The molecule has 0 saturated carbocycles. The zero-order chi connectivity index (χ0) is 20.0. The number of rotatable bonds is 7. The summed E-state index contributed by atoms with van der Waals surface area (Å²) < 4.78 is 26.9. The molecule has 0 aliphatic heterocycles. The number of nitro groups is 1. The van der Waals surface area contributed by atoms with Crippen molar-refractivity contribution in [3.63, 3.8) is 0 Å². The van der Waals surface area contributed by atoms with E-state index in [2.05, 4.69) is 10.5 Å². The number of nitrogens with zero attached hydrogens (tertiary/aromatic N) is 3. The molecule has 2 aromatic carbocycles. The molecule has 0 saturated heterocycles. The number of non-ortho nitro benzene ring substituents is 1. The molecule has 0 aliphatic carbocycles. The van der Waals surface area contributed by atoms with Crippen molar-refractivity contribution in [1.29, 1.82) is 0 Å². The van der Waals surface area contributed by atoms with E-state index in [9.17, 15) is 23.3 Å². The molecule has 0 bridgehead atoms. The molecule has 1 amide bonds. The van der Waals surface area contributed by atoms with E-state index in [0.717, 1.165) is 4.31 Å². The third-order valence-corrected chi connectivity index (χ3v) is 5.16. The average molecular weight is 390 g/mol. The topological polar surface area (TPSA) is 122 Å². The van der Waals surface area contributed by atoms with Gasteiger partial charge in [-0.25, -0.2) is 13.8 Å². The van der Waals surface area contributed by atoms with Crippen LogP contribution in [0, 0.1) is 10.1 Å². The summed E-state index contributed by atoms with van der Waals surface area (Å²) in [6, 6.07) is 12.5. The standard InChI is InChI=1S/C17H18N4O5S/c1-13(2)18-19-17(22)12-20(14-8-10-15(11-9-14)21(23)24)27(25,26)16-6-4-3-5-7-16/h3-11H,12H2,1-2H3,(H,19,22). The largest absolute Gasteiger partial charge is 0.271 e. The monoisotopic (exact) mass is 390 g/mol. The van der Waals surface area contributed by atoms with Gasteiger partial charge in [-0.2, -0.15) is 5.10 Å². The average Bonchev–Trinajstić information content (AvgIpc) is 2.65. The van der Waals surface area contributed by atoms with Gasteiger partial charge in [0.15, 0.2) is 0 Å². The Morgan fingerprint density at radius 3 is 2.22 bits per heavy atom. The zero-order valence-corrected chi connectivity index (χ0v) is 15.5. The molecule has 10 heteroatoms. The van der Waals surface area contributed by atoms with Crippen LogP contribution in [0.25, 0.3) is 0 Å². The third kappa shape index (κ3) is 5.11. The van der Waals surface area contributed by atoms with E-state index in [-0.39, 0.29) is 16.3 Å². The number of nitrogens with one attached hydrogen (secondary N) is 1. The highest BCUT2D eigenvalue weighted by Gasteiger charge is 2.27. The maximum Gasteiger partial charge on any atom is 0.269 e. The normalized spacial score (nSPS) is 10.7. The number of sulfonamides is 1. The third-order valence-electron chi connectivity index (χ3n) is 3.37. The lowest BCUT2D eigenvalue weighted by molar-refractivity contribution is -0.384. The maximum absolute atomic E-state index is 13.0. The van der Waals surface area contributed by atoms with Crippen molar-refractivity contribution in [2.24, 2.45) is 5.10 Å². The van der Waals surface area contributed by atoms with Crippen molar-refractivity contribution in [3.05, 3.63) is 64.7 Å². The molecule has 2 rings (SSSR count). The fraction of sp³-hybridized carbons (Fsp3) is 0.176. The molecule has 0 radical (unpaired) electrons. The fourth-order valence-electron chi connectivity index (χ4n) is 2.12. The molecule has 1 N–H and O–H groups in total. The Kier molecular flexibility index (Phi) is 6.24. The number of amides is 1. The Balaban J connectivity index is 2.43. The Morgan fingerprint density at radius 1 is 1.11 bits per heavy atom. The summed E-state index contributed by atoms with van der Waals surface area (Å²) in [6.45, 7) is 2.82. The van der Waals surface area contributed by atoms with Crippen LogP contribution < -0.4 is 9.73 Å². The van der Waals surface area contributed by atoms with E-state index in [1.165, 1.54) is 36.4 Å². The van der Waals surface area contributed by atoms with Gasteiger partial charge in [-0.05, 0) is 38.1 Å². The van der Waals surface area contributed by atoms with Gasteiger partial charge in [0.25, 0.3) is 21.6 Å². The lowest BCUT2D eigenvalue weighted by Gasteiger charge is -2.23. The van der Waals surface area contributed by atoms with Crippen LogP contribution >= 0.6 is 0 Å². The molecule has 27 heavy (non-hydrogen) atoms. The van der Waals surface area contributed by atoms with Gasteiger partial charge in [0.05, 0.1) is 15.5 Å². The van der Waals surface area contributed by atoms with Gasteiger partial charge >= 0.3 is 0 Å². The first-order valence-electron chi connectivity index (χ1n) is 7.84. The molecular weight excluding hydrogens is 372 g/mol. The summed E-state index contributed by atoms with van der Waals surface area (Å²) in [5, 5.41) is 14.6. The van der Waals surface area contributed by atoms with Crippen LogP contribution in [0.3, 0.4) is 0 Å². The number of carbonyl (C=O) groups is 1. The second kappa shape index (κ2) is 8.41. The molecule has 0 aromatic heterocycles. The van der Waals surface area contributed by atoms with Gasteiger partial charge in [-0.1, -0.05) is 18.2 Å². The van der Waals surface area contributed by atoms with Crippen LogP contribution in [0.4, 0.5) is 11.4 Å². The number of hydrogen-bond acceptors (Lipinski definition) is 6. The van der Waals surface area contributed by atoms with Crippen molar-refractivity contribution in [2.45, 2.75) is 18.7 Å². The van der Waals surface area contributed by atoms with E-state index in [4.69, 9.17) is 0 Å². The van der Waals surface area contributed by atoms with E-state index >= 15 is 0 Å². The van der Waals surface area contributed by atoms with Crippen LogP contribution in [-0.2, 0) is 14.8 Å². The Hall–Kier alpha value is -3.27. The predicted molar refractivity (Wildman–Crippen MR) is 101 cm³/mol. The second-order valence-corrected chi connectivity index (χ2v) is 7.55. The predicted octanol–water partition coefficient (Wildman–Crippen LogP) is 2.30. The van der Waals surface area contributed by atoms with Gasteiger partial charge in [0.2, 0.25) is 0 Å². The van der Waals surface area contributed by atoms with Crippen LogP contribution in [0.2, 0.25) is 0 Å². The summed E-state index contributed by atoms with van der Waals surface area (Å²) in [4.78, 5) is 22.4. The van der Waals surface area contributed by atoms with Gasteiger partial charge < -0.3 is 0 Å². The molecule has 0 spiro atoms. The van der Waals surface area contributed by atoms with Crippen LogP contribution in [0.5, 0.6) is 0 Å². The number of benzene rings is 2. The Labute approximate surface area is 156 Å².